The van der Waals surface area contributed by atoms with E-state index < -0.39 is 0 Å². The van der Waals surface area contributed by atoms with Gasteiger partial charge in [-0.15, -0.1) is 0 Å². The molecule has 4 N–H and O–H groups in total. The van der Waals surface area contributed by atoms with Crippen molar-refractivity contribution in [2.45, 2.75) is 0 Å². The van der Waals surface area contributed by atoms with Gasteiger partial charge in [0.2, 0.25) is 0 Å². The van der Waals surface area contributed by atoms with Crippen molar-refractivity contribution in [2.75, 3.05) is 13.1 Å². The lowest BCUT2D eigenvalue weighted by atomic mass is 12.4. The van der Waals surface area contributed by atoms with Gasteiger partial charge in [0.25, 0.3) is 0 Å². The van der Waals surface area contributed by atoms with Gasteiger partial charge in [-0.25, -0.2) is 0 Å². The maximum atomic E-state index is 4.90. The first-order chi connectivity index (χ1) is 1.91. The summed E-state index contributed by atoms with van der Waals surface area (Å²) >= 11 is 0. The fraction of sp³-hybridized carbons (Fsp3) is 1.00. The van der Waals surface area contributed by atoms with Gasteiger partial charge >= 0.3 is 0 Å². The fourth-order valence-electron chi connectivity index (χ4n) is 0. The van der Waals surface area contributed by atoms with Crippen LogP contribution in [0.25, 0.3) is 0 Å². The summed E-state index contributed by atoms with van der Waals surface area (Å²) in [5.41, 5.74) is 9.81. The van der Waals surface area contributed by atoms with E-state index in [0.717, 1.165) is 0 Å². The van der Waals surface area contributed by atoms with Gasteiger partial charge in [-0.05, 0) is 0 Å². The molecule has 0 saturated carbocycles. The molecule has 0 heterocycles. The molecule has 0 aliphatic carbocycles. The van der Waals surface area contributed by atoms with Crippen molar-refractivity contribution in [3.05, 3.63) is 0 Å². The average Bonchev–Trinajstić information content (AvgIpc) is 1.37. The zero-order valence-corrected chi connectivity index (χ0v) is 2.57. The van der Waals surface area contributed by atoms with Gasteiger partial charge in [-0.1, -0.05) is 0 Å². The standard InChI is InChI=1S/C2H8N2/c3-1-2-4/h1-4H2/i1+2,2+2. The van der Waals surface area contributed by atoms with Crippen molar-refractivity contribution in [1.29, 1.82) is 0 Å². The van der Waals surface area contributed by atoms with Crippen LogP contribution in [0.1, 0.15) is 0 Å². The van der Waals surface area contributed by atoms with Crippen LogP contribution in [0.5, 0.6) is 0 Å². The first-order valence-electron chi connectivity index (χ1n) is 1.32. The predicted molar refractivity (Wildman–Crippen MR) is 18.1 cm³/mol. The summed E-state index contributed by atoms with van der Waals surface area (Å²) in [4.78, 5) is 0. The van der Waals surface area contributed by atoms with Crippen LogP contribution in [0.3, 0.4) is 0 Å². The maximum absolute atomic E-state index is 4.90. The molecule has 0 spiro atoms. The second-order valence-corrected chi connectivity index (χ2v) is 0.577. The molecule has 0 fully saturated rings. The summed E-state index contributed by atoms with van der Waals surface area (Å²) in [6.45, 7) is 1.19. The second kappa shape index (κ2) is 2.92. The first-order valence-corrected chi connectivity index (χ1v) is 1.32. The molecular weight excluding hydrogens is 56.0 g/mol. The van der Waals surface area contributed by atoms with E-state index in [1.54, 1.807) is 0 Å². The Hall–Kier alpha value is -0.0800. The molecule has 26 valence electrons. The molecule has 0 rings (SSSR count). The highest BCUT2D eigenvalue weighted by molar-refractivity contribution is 4.26. The minimum atomic E-state index is 0.597. The molecule has 0 unspecified atom stereocenters. The van der Waals surface area contributed by atoms with Gasteiger partial charge in [0.15, 0.2) is 0 Å². The second-order valence-electron chi connectivity index (χ2n) is 0.577. The Labute approximate surface area is 25.8 Å². The van der Waals surface area contributed by atoms with E-state index in [1.165, 1.54) is 0 Å². The molecule has 0 amide bonds. The van der Waals surface area contributed by atoms with E-state index in [2.05, 4.69) is 0 Å². The molecular formula is C2H8N2. The number of rotatable bonds is 1. The zero-order chi connectivity index (χ0) is 3.41. The highest BCUT2D eigenvalue weighted by atomic mass is 15.6. The average molecular weight is 64.1 g/mol. The molecule has 0 aromatic heterocycles. The number of hydrogen-bond donors (Lipinski definition) is 2. The molecule has 4 heavy (non-hydrogen) atoms. The summed E-state index contributed by atoms with van der Waals surface area (Å²) in [6, 6.07) is 0. The molecule has 0 atom stereocenters. The topological polar surface area (TPSA) is 52.0 Å². The molecule has 0 bridgehead atoms. The van der Waals surface area contributed by atoms with Crippen LogP contribution in [0.2, 0.25) is 0 Å². The first kappa shape index (κ1) is 3.92. The summed E-state index contributed by atoms with van der Waals surface area (Å²) in [5.74, 6) is 0. The van der Waals surface area contributed by atoms with Crippen molar-refractivity contribution in [1.82, 2.24) is 0 Å². The van der Waals surface area contributed by atoms with Gasteiger partial charge in [0.05, 0.1) is 0 Å². The van der Waals surface area contributed by atoms with Crippen LogP contribution in [0.4, 0.5) is 0 Å². The Morgan fingerprint density at radius 1 is 1.00 bits per heavy atom. The van der Waals surface area contributed by atoms with E-state index >= 15 is 0 Å². The quantitative estimate of drug-likeness (QED) is 0.407. The molecule has 0 aromatic rings. The van der Waals surface area contributed by atoms with E-state index in [0.29, 0.717) is 13.1 Å². The Kier molecular flexibility index (Phi) is 2.86. The third kappa shape index (κ3) is 1.92. The molecule has 0 aromatic carbocycles. The minimum Gasteiger partial charge on any atom is -0.329 e. The summed E-state index contributed by atoms with van der Waals surface area (Å²) in [5, 5.41) is 0. The van der Waals surface area contributed by atoms with Crippen LogP contribution >= 0.6 is 0 Å². The van der Waals surface area contributed by atoms with Crippen molar-refractivity contribution in [2.24, 2.45) is 11.5 Å². The SMILES string of the molecule is N[14CH2][14CH2]N. The van der Waals surface area contributed by atoms with Crippen LogP contribution in [0, 0.1) is 0 Å². The van der Waals surface area contributed by atoms with E-state index in [1.807, 2.05) is 0 Å². The highest BCUT2D eigenvalue weighted by Gasteiger charge is 1.54. The lowest BCUT2D eigenvalue weighted by molar-refractivity contribution is 0.976. The smallest absolute Gasteiger partial charge is 0.00461 e. The molecule has 0 radical (unpaired) electrons. The summed E-state index contributed by atoms with van der Waals surface area (Å²) in [6.07, 6.45) is 0. The van der Waals surface area contributed by atoms with E-state index in [4.69, 9.17) is 11.5 Å². The van der Waals surface area contributed by atoms with Crippen molar-refractivity contribution >= 4 is 0 Å². The van der Waals surface area contributed by atoms with Gasteiger partial charge in [-0.3, -0.25) is 0 Å². The summed E-state index contributed by atoms with van der Waals surface area (Å²) in [7, 11) is 0. The maximum Gasteiger partial charge on any atom is 0.00461 e. The van der Waals surface area contributed by atoms with Crippen LogP contribution < -0.4 is 11.5 Å². The van der Waals surface area contributed by atoms with Gasteiger partial charge in [0.1, 0.15) is 0 Å². The van der Waals surface area contributed by atoms with Gasteiger partial charge in [-0.2, -0.15) is 0 Å². The van der Waals surface area contributed by atoms with Crippen molar-refractivity contribution in [3.63, 3.8) is 0 Å². The van der Waals surface area contributed by atoms with Crippen LogP contribution in [0.15, 0.2) is 0 Å². The Bertz CT molecular complexity index is 6.00. The molecule has 0 saturated heterocycles. The molecule has 0 aliphatic heterocycles. The molecule has 2 nitrogen and oxygen atoms in total. The monoisotopic (exact) mass is 64.1 g/mol. The third-order valence-electron chi connectivity index (χ3n) is 0.167. The largest absolute Gasteiger partial charge is 0.329 e. The highest BCUT2D eigenvalue weighted by Crippen LogP contribution is 1.24. The van der Waals surface area contributed by atoms with Gasteiger partial charge < -0.3 is 11.5 Å². The number of nitrogens with two attached hydrogens (primary N) is 2. The number of hydrogen-bond acceptors (Lipinski definition) is 2. The minimum absolute atomic E-state index is 0.597. The molecule has 0 aliphatic rings. The fourth-order valence-corrected chi connectivity index (χ4v) is 0. The third-order valence-corrected chi connectivity index (χ3v) is 0.167. The molecule has 2 heteroatoms. The lowest BCUT2D eigenvalue weighted by Gasteiger charge is -1.72. The lowest BCUT2D eigenvalue weighted by Crippen LogP contribution is -2.11. The van der Waals surface area contributed by atoms with Crippen molar-refractivity contribution < 1.29 is 0 Å². The Balaban J connectivity index is 1.97. The van der Waals surface area contributed by atoms with Crippen molar-refractivity contribution in [3.8, 4) is 0 Å². The predicted octanol–water partition coefficient (Wildman–Crippen LogP) is -1.10. The van der Waals surface area contributed by atoms with Crippen LogP contribution in [-0.2, 0) is 0 Å². The summed E-state index contributed by atoms with van der Waals surface area (Å²) < 4.78 is 0. The van der Waals surface area contributed by atoms with E-state index in [-0.39, 0.29) is 0 Å². The zero-order valence-electron chi connectivity index (χ0n) is 2.57. The van der Waals surface area contributed by atoms with Gasteiger partial charge in [0, 0.05) is 13.1 Å². The van der Waals surface area contributed by atoms with E-state index in [9.17, 15) is 0 Å². The Morgan fingerprint density at radius 3 is 1.25 bits per heavy atom. The Morgan fingerprint density at radius 2 is 1.25 bits per heavy atom. The normalized spacial score (nSPS) is 7.50. The van der Waals surface area contributed by atoms with Crippen LogP contribution in [-0.4, -0.2) is 13.1 Å².